The lowest BCUT2D eigenvalue weighted by Gasteiger charge is -2.26. The minimum Gasteiger partial charge on any atom is -0.381 e. The third-order valence-corrected chi connectivity index (χ3v) is 4.64. The Bertz CT molecular complexity index is 733. The van der Waals surface area contributed by atoms with Gasteiger partial charge in [0.25, 0.3) is 17.7 Å². The molecule has 0 N–H and O–H groups in total. The minimum absolute atomic E-state index is 0.195. The van der Waals surface area contributed by atoms with Crippen molar-refractivity contribution in [1.82, 2.24) is 9.80 Å². The Morgan fingerprint density at radius 1 is 1.20 bits per heavy atom. The Morgan fingerprint density at radius 2 is 1.88 bits per heavy atom. The lowest BCUT2D eigenvalue weighted by molar-refractivity contribution is -0.137. The molecule has 2 aliphatic heterocycles. The maximum Gasteiger partial charge on any atom is 0.261 e. The molecule has 0 bridgehead atoms. The summed E-state index contributed by atoms with van der Waals surface area (Å²) in [6.07, 6.45) is 3.05. The number of benzene rings is 1. The summed E-state index contributed by atoms with van der Waals surface area (Å²) in [7, 11) is 3.32. The first-order valence-corrected chi connectivity index (χ1v) is 8.45. The molecular weight excluding hydrogens is 320 g/mol. The van der Waals surface area contributed by atoms with E-state index in [1.54, 1.807) is 38.4 Å². The normalized spacial score (nSPS) is 18.5. The van der Waals surface area contributed by atoms with Gasteiger partial charge >= 0.3 is 0 Å². The van der Waals surface area contributed by atoms with Crippen LogP contribution >= 0.6 is 0 Å². The number of hydrogen-bond donors (Lipinski definition) is 0. The van der Waals surface area contributed by atoms with Crippen LogP contribution in [-0.2, 0) is 14.3 Å². The van der Waals surface area contributed by atoms with Gasteiger partial charge < -0.3 is 9.64 Å². The van der Waals surface area contributed by atoms with Gasteiger partial charge in [0.05, 0.1) is 5.57 Å². The van der Waals surface area contributed by atoms with Crippen LogP contribution in [0.25, 0.3) is 5.57 Å². The van der Waals surface area contributed by atoms with Crippen LogP contribution in [0.2, 0.25) is 0 Å². The lowest BCUT2D eigenvalue weighted by atomic mass is 9.98. The first-order chi connectivity index (χ1) is 12.0. The quantitative estimate of drug-likeness (QED) is 0.779. The fourth-order valence-electron chi connectivity index (χ4n) is 3.21. The van der Waals surface area contributed by atoms with Crippen molar-refractivity contribution < 1.29 is 19.1 Å². The van der Waals surface area contributed by atoms with E-state index in [1.165, 1.54) is 15.9 Å². The molecule has 2 aliphatic rings. The van der Waals surface area contributed by atoms with E-state index in [0.29, 0.717) is 36.5 Å². The van der Waals surface area contributed by atoms with E-state index in [2.05, 4.69) is 0 Å². The molecule has 0 saturated carbocycles. The Kier molecular flexibility index (Phi) is 4.99. The SMILES string of the molecule is CN(C)C(=O)c1ccccc1C1=CC(=O)N(CC2CCOCC2)C1=O. The lowest BCUT2D eigenvalue weighted by Crippen LogP contribution is -2.37. The molecule has 0 spiro atoms. The van der Waals surface area contributed by atoms with E-state index in [9.17, 15) is 14.4 Å². The van der Waals surface area contributed by atoms with Crippen LogP contribution in [0.15, 0.2) is 30.3 Å². The number of hydrogen-bond acceptors (Lipinski definition) is 4. The molecule has 0 aliphatic carbocycles. The molecule has 0 radical (unpaired) electrons. The molecule has 1 aromatic carbocycles. The molecule has 6 heteroatoms. The zero-order valence-electron chi connectivity index (χ0n) is 14.5. The van der Waals surface area contributed by atoms with Crippen LogP contribution in [0.1, 0.15) is 28.8 Å². The zero-order valence-corrected chi connectivity index (χ0v) is 14.5. The average Bonchev–Trinajstić information content (AvgIpc) is 2.90. The highest BCUT2D eigenvalue weighted by Gasteiger charge is 2.35. The van der Waals surface area contributed by atoms with Crippen LogP contribution < -0.4 is 0 Å². The number of imide groups is 1. The zero-order chi connectivity index (χ0) is 18.0. The second-order valence-electron chi connectivity index (χ2n) is 6.61. The molecule has 0 atom stereocenters. The highest BCUT2D eigenvalue weighted by Crippen LogP contribution is 2.28. The summed E-state index contributed by atoms with van der Waals surface area (Å²) in [6.45, 7) is 1.74. The Morgan fingerprint density at radius 3 is 2.56 bits per heavy atom. The molecule has 1 aromatic rings. The van der Waals surface area contributed by atoms with Crippen molar-refractivity contribution >= 4 is 23.3 Å². The van der Waals surface area contributed by atoms with Gasteiger partial charge in [-0.2, -0.15) is 0 Å². The molecular formula is C19H22N2O4. The van der Waals surface area contributed by atoms with Crippen molar-refractivity contribution in [3.8, 4) is 0 Å². The number of rotatable bonds is 4. The van der Waals surface area contributed by atoms with Gasteiger partial charge in [0.2, 0.25) is 0 Å². The highest BCUT2D eigenvalue weighted by molar-refractivity contribution is 6.34. The van der Waals surface area contributed by atoms with Crippen LogP contribution in [0.4, 0.5) is 0 Å². The molecule has 0 aromatic heterocycles. The molecule has 0 unspecified atom stereocenters. The summed E-state index contributed by atoms with van der Waals surface area (Å²) in [5.74, 6) is -0.554. The number of nitrogens with zero attached hydrogens (tertiary/aromatic N) is 2. The summed E-state index contributed by atoms with van der Waals surface area (Å²) in [5, 5.41) is 0. The maximum atomic E-state index is 12.8. The second-order valence-corrected chi connectivity index (χ2v) is 6.61. The average molecular weight is 342 g/mol. The Balaban J connectivity index is 1.85. The minimum atomic E-state index is -0.324. The van der Waals surface area contributed by atoms with Gasteiger partial charge in [-0.05, 0) is 24.8 Å². The van der Waals surface area contributed by atoms with Gasteiger partial charge in [-0.25, -0.2) is 0 Å². The van der Waals surface area contributed by atoms with Crippen molar-refractivity contribution in [1.29, 1.82) is 0 Å². The molecule has 1 saturated heterocycles. The first-order valence-electron chi connectivity index (χ1n) is 8.45. The summed E-state index contributed by atoms with van der Waals surface area (Å²) in [4.78, 5) is 40.3. The highest BCUT2D eigenvalue weighted by atomic mass is 16.5. The fraction of sp³-hybridized carbons (Fsp3) is 0.421. The van der Waals surface area contributed by atoms with Crippen molar-refractivity contribution in [2.24, 2.45) is 5.92 Å². The van der Waals surface area contributed by atoms with E-state index in [1.807, 2.05) is 0 Å². The molecule has 1 fully saturated rings. The number of amides is 3. The van der Waals surface area contributed by atoms with Gasteiger partial charge in [0.15, 0.2) is 0 Å². The standard InChI is InChI=1S/C19H22N2O4/c1-20(2)18(23)15-6-4-3-5-14(15)16-11-17(22)21(19(16)24)12-13-7-9-25-10-8-13/h3-6,11,13H,7-10,12H2,1-2H3. The second kappa shape index (κ2) is 7.19. The topological polar surface area (TPSA) is 66.9 Å². The predicted molar refractivity (Wildman–Crippen MR) is 92.7 cm³/mol. The van der Waals surface area contributed by atoms with Gasteiger partial charge in [-0.1, -0.05) is 18.2 Å². The third kappa shape index (κ3) is 3.49. The van der Waals surface area contributed by atoms with Gasteiger partial charge in [-0.15, -0.1) is 0 Å². The molecule has 6 nitrogen and oxygen atoms in total. The first kappa shape index (κ1) is 17.4. The van der Waals surface area contributed by atoms with E-state index in [-0.39, 0.29) is 23.6 Å². The van der Waals surface area contributed by atoms with Gasteiger partial charge in [0.1, 0.15) is 0 Å². The van der Waals surface area contributed by atoms with Crippen molar-refractivity contribution in [2.75, 3.05) is 33.9 Å². The molecule has 132 valence electrons. The van der Waals surface area contributed by atoms with E-state index >= 15 is 0 Å². The van der Waals surface area contributed by atoms with E-state index in [4.69, 9.17) is 4.74 Å². The molecule has 2 heterocycles. The van der Waals surface area contributed by atoms with Gasteiger partial charge in [-0.3, -0.25) is 19.3 Å². The smallest absolute Gasteiger partial charge is 0.261 e. The Labute approximate surface area is 147 Å². The summed E-state index contributed by atoms with van der Waals surface area (Å²) in [5.41, 5.74) is 1.23. The predicted octanol–water partition coefficient (Wildman–Crippen LogP) is 1.57. The molecule has 25 heavy (non-hydrogen) atoms. The number of carbonyl (C=O) groups excluding carboxylic acids is 3. The molecule has 3 rings (SSSR count). The van der Waals surface area contributed by atoms with Gasteiger partial charge in [0, 0.05) is 51.1 Å². The van der Waals surface area contributed by atoms with E-state index in [0.717, 1.165) is 12.8 Å². The number of carbonyl (C=O) groups is 3. The van der Waals surface area contributed by atoms with Crippen LogP contribution in [0.3, 0.4) is 0 Å². The fourth-order valence-corrected chi connectivity index (χ4v) is 3.21. The monoisotopic (exact) mass is 342 g/mol. The summed E-state index contributed by atoms with van der Waals surface area (Å²) >= 11 is 0. The van der Waals surface area contributed by atoms with Crippen molar-refractivity contribution in [3.05, 3.63) is 41.5 Å². The molecule has 3 amide bonds. The Hall–Kier alpha value is -2.47. The van der Waals surface area contributed by atoms with Crippen molar-refractivity contribution in [3.63, 3.8) is 0 Å². The summed E-state index contributed by atoms with van der Waals surface area (Å²) < 4.78 is 5.33. The van der Waals surface area contributed by atoms with Crippen molar-refractivity contribution in [2.45, 2.75) is 12.8 Å². The van der Waals surface area contributed by atoms with Crippen LogP contribution in [0, 0.1) is 5.92 Å². The van der Waals surface area contributed by atoms with E-state index < -0.39 is 0 Å². The summed E-state index contributed by atoms with van der Waals surface area (Å²) in [6, 6.07) is 6.91. The largest absolute Gasteiger partial charge is 0.381 e. The number of ether oxygens (including phenoxy) is 1. The third-order valence-electron chi connectivity index (χ3n) is 4.64. The van der Waals surface area contributed by atoms with Crippen LogP contribution in [0.5, 0.6) is 0 Å². The van der Waals surface area contributed by atoms with Crippen LogP contribution in [-0.4, -0.2) is 61.4 Å². The maximum absolute atomic E-state index is 12.8.